The maximum absolute atomic E-state index is 14.1. The minimum Gasteiger partial charge on any atom is -0.333 e. The highest BCUT2D eigenvalue weighted by molar-refractivity contribution is 5.96. The number of hydrogen-bond donors (Lipinski definition) is 2. The van der Waals surface area contributed by atoms with Gasteiger partial charge in [0.1, 0.15) is 0 Å². The fourth-order valence-electron chi connectivity index (χ4n) is 4.48. The summed E-state index contributed by atoms with van der Waals surface area (Å²) in [6.07, 6.45) is 0.347. The first-order valence-electron chi connectivity index (χ1n) is 10.2. The van der Waals surface area contributed by atoms with E-state index in [1.54, 1.807) is 6.20 Å². The molecule has 170 valence electrons. The summed E-state index contributed by atoms with van der Waals surface area (Å²) in [4.78, 5) is 29.8. The number of alkyl halides is 2. The number of aromatic amines is 1. The largest absolute Gasteiger partial charge is 0.333 e. The van der Waals surface area contributed by atoms with Gasteiger partial charge in [0.25, 0.3) is 17.9 Å². The average molecular weight is 458 g/mol. The molecule has 0 unspecified atom stereocenters. The zero-order valence-corrected chi connectivity index (χ0v) is 17.3. The monoisotopic (exact) mass is 458 g/mol. The van der Waals surface area contributed by atoms with E-state index in [1.807, 2.05) is 0 Å². The summed E-state index contributed by atoms with van der Waals surface area (Å²) in [6.45, 7) is 0.580. The number of likely N-dealkylation sites (N-methyl/N-ethyl adjacent to an activating group) is 1. The Bertz CT molecular complexity index is 1480. The molecule has 1 atom stereocenters. The number of nitrogens with one attached hydrogen (secondary N) is 2. The fourth-order valence-corrected chi connectivity index (χ4v) is 4.48. The van der Waals surface area contributed by atoms with Gasteiger partial charge in [0.15, 0.2) is 11.6 Å². The first-order valence-corrected chi connectivity index (χ1v) is 10.2. The van der Waals surface area contributed by atoms with Gasteiger partial charge in [-0.2, -0.15) is 0 Å². The third-order valence-corrected chi connectivity index (χ3v) is 6.09. The molecule has 10 heteroatoms. The zero-order valence-electron chi connectivity index (χ0n) is 17.3. The van der Waals surface area contributed by atoms with Gasteiger partial charge in [-0.25, -0.2) is 17.6 Å². The van der Waals surface area contributed by atoms with Crippen LogP contribution < -0.4 is 10.9 Å². The Morgan fingerprint density at radius 3 is 2.64 bits per heavy atom. The Hall–Kier alpha value is -3.66. The lowest BCUT2D eigenvalue weighted by atomic mass is 9.93. The minimum absolute atomic E-state index is 0.0171. The number of carbonyl (C=O) groups is 1. The van der Waals surface area contributed by atoms with Crippen LogP contribution in [-0.2, 0) is 6.54 Å². The molecule has 1 amide bonds. The summed E-state index contributed by atoms with van der Waals surface area (Å²) in [7, 11) is 1.54. The molecule has 1 aromatic carbocycles. The van der Waals surface area contributed by atoms with E-state index in [0.717, 1.165) is 12.1 Å². The lowest BCUT2D eigenvalue weighted by molar-refractivity contribution is 0.0723. The zero-order chi connectivity index (χ0) is 23.4. The molecule has 4 heterocycles. The van der Waals surface area contributed by atoms with Gasteiger partial charge in [-0.05, 0) is 35.7 Å². The normalized spacial score (nSPS) is 15.9. The predicted molar refractivity (Wildman–Crippen MR) is 113 cm³/mol. The molecule has 3 aromatic heterocycles. The molecule has 0 saturated heterocycles. The Morgan fingerprint density at radius 1 is 1.18 bits per heavy atom. The van der Waals surface area contributed by atoms with E-state index in [1.165, 1.54) is 40.7 Å². The van der Waals surface area contributed by atoms with Gasteiger partial charge < -0.3 is 19.6 Å². The highest BCUT2D eigenvalue weighted by atomic mass is 19.3. The quantitative estimate of drug-likeness (QED) is 0.458. The summed E-state index contributed by atoms with van der Waals surface area (Å²) in [6, 6.07) is 5.37. The standard InChI is InChI=1S/C23H18F4N4O2/c1-30(23(33)11-5-18-12(21(26)27)3-2-4-31(18)10-11)19-9-28-8-17-20(19)13-6-15(24)16(25)7-14(13)22(32)29-17/h2-7,10,19,21,28H,8-9H2,1H3,(H,29,32)/t19-/m0/s1. The highest BCUT2D eigenvalue weighted by Crippen LogP contribution is 2.33. The van der Waals surface area contributed by atoms with E-state index in [-0.39, 0.29) is 34.0 Å². The van der Waals surface area contributed by atoms with Crippen molar-refractivity contribution < 1.29 is 22.4 Å². The van der Waals surface area contributed by atoms with Gasteiger partial charge >= 0.3 is 0 Å². The number of nitrogens with zero attached hydrogens (tertiary/aromatic N) is 2. The van der Waals surface area contributed by atoms with Gasteiger partial charge in [-0.15, -0.1) is 0 Å². The maximum Gasteiger partial charge on any atom is 0.265 e. The molecule has 4 aromatic rings. The highest BCUT2D eigenvalue weighted by Gasteiger charge is 2.31. The second kappa shape index (κ2) is 7.73. The van der Waals surface area contributed by atoms with Crippen molar-refractivity contribution in [3.05, 3.63) is 87.1 Å². The van der Waals surface area contributed by atoms with Crippen LogP contribution in [0.4, 0.5) is 17.6 Å². The number of rotatable bonds is 3. The second-order valence-corrected chi connectivity index (χ2v) is 8.01. The number of fused-ring (bicyclic) bond motifs is 4. The van der Waals surface area contributed by atoms with Crippen molar-refractivity contribution in [2.24, 2.45) is 0 Å². The van der Waals surface area contributed by atoms with Gasteiger partial charge in [-0.3, -0.25) is 9.59 Å². The van der Waals surface area contributed by atoms with Crippen LogP contribution in [-0.4, -0.2) is 33.8 Å². The molecular formula is C23H18F4N4O2. The SMILES string of the molecule is CN(C(=O)c1cc2c(C(F)F)cccn2c1)[C@H]1CNCc2[nH]c(=O)c3cc(F)c(F)cc3c21. The molecule has 0 aliphatic carbocycles. The van der Waals surface area contributed by atoms with E-state index >= 15 is 0 Å². The van der Waals surface area contributed by atoms with Crippen LogP contribution in [0.15, 0.2) is 47.5 Å². The molecule has 2 N–H and O–H groups in total. The molecule has 1 aliphatic heterocycles. The van der Waals surface area contributed by atoms with E-state index in [0.29, 0.717) is 17.8 Å². The number of hydrogen-bond acceptors (Lipinski definition) is 3. The molecule has 0 fully saturated rings. The third kappa shape index (κ3) is 3.37. The minimum atomic E-state index is -2.70. The number of amides is 1. The molecule has 33 heavy (non-hydrogen) atoms. The number of carbonyl (C=O) groups excluding carboxylic acids is 1. The topological polar surface area (TPSA) is 69.6 Å². The van der Waals surface area contributed by atoms with E-state index in [4.69, 9.17) is 0 Å². The van der Waals surface area contributed by atoms with Gasteiger partial charge in [0.2, 0.25) is 0 Å². The van der Waals surface area contributed by atoms with Gasteiger partial charge in [-0.1, -0.05) is 0 Å². The van der Waals surface area contributed by atoms with E-state index in [9.17, 15) is 27.2 Å². The van der Waals surface area contributed by atoms with Gasteiger partial charge in [0.05, 0.1) is 22.5 Å². The Morgan fingerprint density at radius 2 is 1.91 bits per heavy atom. The van der Waals surface area contributed by atoms with Crippen LogP contribution in [0.5, 0.6) is 0 Å². The number of H-pyrrole nitrogens is 1. The lowest BCUT2D eigenvalue weighted by Crippen LogP contribution is -2.42. The fraction of sp³-hybridized carbons (Fsp3) is 0.217. The summed E-state index contributed by atoms with van der Waals surface area (Å²) >= 11 is 0. The number of pyridine rings is 2. The maximum atomic E-state index is 14.1. The predicted octanol–water partition coefficient (Wildman–Crippen LogP) is 3.91. The van der Waals surface area contributed by atoms with Crippen molar-refractivity contribution in [2.75, 3.05) is 13.6 Å². The van der Waals surface area contributed by atoms with Crippen molar-refractivity contribution >= 4 is 22.2 Å². The van der Waals surface area contributed by atoms with Crippen molar-refractivity contribution in [1.82, 2.24) is 19.6 Å². The number of benzene rings is 1. The van der Waals surface area contributed by atoms with Crippen LogP contribution in [0.1, 0.15) is 39.6 Å². The van der Waals surface area contributed by atoms with Crippen molar-refractivity contribution in [3.8, 4) is 0 Å². The Labute approximate surface area is 184 Å². The van der Waals surface area contributed by atoms with Crippen LogP contribution in [0.25, 0.3) is 16.3 Å². The number of halogens is 4. The van der Waals surface area contributed by atoms with E-state index < -0.39 is 35.6 Å². The molecule has 6 nitrogen and oxygen atoms in total. The number of aromatic nitrogens is 2. The van der Waals surface area contributed by atoms with Crippen molar-refractivity contribution in [2.45, 2.75) is 19.0 Å². The lowest BCUT2D eigenvalue weighted by Gasteiger charge is -2.34. The third-order valence-electron chi connectivity index (χ3n) is 6.09. The smallest absolute Gasteiger partial charge is 0.265 e. The molecule has 0 spiro atoms. The van der Waals surface area contributed by atoms with Crippen LogP contribution >= 0.6 is 0 Å². The molecule has 0 radical (unpaired) electrons. The van der Waals surface area contributed by atoms with Gasteiger partial charge in [0, 0.05) is 49.4 Å². The van der Waals surface area contributed by atoms with Crippen LogP contribution in [0.2, 0.25) is 0 Å². The first-order chi connectivity index (χ1) is 15.8. The second-order valence-electron chi connectivity index (χ2n) is 8.01. The van der Waals surface area contributed by atoms with Crippen molar-refractivity contribution in [3.63, 3.8) is 0 Å². The molecule has 5 rings (SSSR count). The molecular weight excluding hydrogens is 440 g/mol. The average Bonchev–Trinajstić information content (AvgIpc) is 3.23. The molecule has 1 aliphatic rings. The van der Waals surface area contributed by atoms with Crippen molar-refractivity contribution in [1.29, 1.82) is 0 Å². The Balaban J connectivity index is 1.60. The molecule has 0 bridgehead atoms. The van der Waals surface area contributed by atoms with Crippen LogP contribution in [0, 0.1) is 11.6 Å². The molecule has 0 saturated carbocycles. The first kappa shape index (κ1) is 21.2. The Kier molecular flexibility index (Phi) is 4.97. The summed E-state index contributed by atoms with van der Waals surface area (Å²) in [5, 5.41) is 3.32. The van der Waals surface area contributed by atoms with E-state index in [2.05, 4.69) is 10.3 Å². The summed E-state index contributed by atoms with van der Waals surface area (Å²) in [5.74, 6) is -2.68. The summed E-state index contributed by atoms with van der Waals surface area (Å²) < 4.78 is 56.1. The van der Waals surface area contributed by atoms with Crippen LogP contribution in [0.3, 0.4) is 0 Å². The summed E-state index contributed by atoms with van der Waals surface area (Å²) in [5.41, 5.74) is 0.649.